The summed E-state index contributed by atoms with van der Waals surface area (Å²) in [6, 6.07) is 22.2. The number of carbonyl (C=O) groups excluding carboxylic acids is 2. The number of benzene rings is 2. The van der Waals surface area contributed by atoms with Crippen molar-refractivity contribution in [2.75, 3.05) is 6.61 Å². The third-order valence-corrected chi connectivity index (χ3v) is 3.80. The van der Waals surface area contributed by atoms with Gasteiger partial charge in [-0.25, -0.2) is 4.79 Å². The molecule has 0 aliphatic carbocycles. The number of carbonyl (C=O) groups is 2. The number of ether oxygens (including phenoxy) is 1. The lowest BCUT2D eigenvalue weighted by atomic mass is 9.99. The second-order valence-electron chi connectivity index (χ2n) is 5.64. The molecule has 5 heteroatoms. The van der Waals surface area contributed by atoms with Gasteiger partial charge in [0.1, 0.15) is 0 Å². The van der Waals surface area contributed by atoms with Crippen LogP contribution in [0, 0.1) is 0 Å². The number of esters is 1. The molecule has 0 aliphatic rings. The summed E-state index contributed by atoms with van der Waals surface area (Å²) in [5.74, 6) is -0.954. The summed E-state index contributed by atoms with van der Waals surface area (Å²) in [4.78, 5) is 28.1. The van der Waals surface area contributed by atoms with Gasteiger partial charge in [0.25, 0.3) is 5.91 Å². The van der Waals surface area contributed by atoms with E-state index in [1.165, 1.54) is 6.20 Å². The third kappa shape index (κ3) is 4.54. The molecule has 0 fully saturated rings. The molecule has 0 bridgehead atoms. The van der Waals surface area contributed by atoms with E-state index in [4.69, 9.17) is 4.74 Å². The highest BCUT2D eigenvalue weighted by Gasteiger charge is 2.18. The second-order valence-corrected chi connectivity index (χ2v) is 5.64. The molecule has 1 aromatic heterocycles. The van der Waals surface area contributed by atoms with Crippen molar-refractivity contribution < 1.29 is 14.3 Å². The van der Waals surface area contributed by atoms with E-state index in [1.54, 1.807) is 18.3 Å². The lowest BCUT2D eigenvalue weighted by Crippen LogP contribution is -2.33. The summed E-state index contributed by atoms with van der Waals surface area (Å²) in [7, 11) is 0. The van der Waals surface area contributed by atoms with Crippen molar-refractivity contribution in [3.63, 3.8) is 0 Å². The Balaban J connectivity index is 1.67. The van der Waals surface area contributed by atoms with Crippen molar-refractivity contribution >= 4 is 11.9 Å². The van der Waals surface area contributed by atoms with Gasteiger partial charge in [0.05, 0.1) is 11.6 Å². The van der Waals surface area contributed by atoms with Gasteiger partial charge in [-0.3, -0.25) is 9.78 Å². The molecule has 0 saturated heterocycles. The number of rotatable bonds is 6. The second kappa shape index (κ2) is 8.58. The van der Waals surface area contributed by atoms with E-state index in [2.05, 4.69) is 10.3 Å². The van der Waals surface area contributed by atoms with Crippen LogP contribution in [0.5, 0.6) is 0 Å². The van der Waals surface area contributed by atoms with Gasteiger partial charge >= 0.3 is 5.97 Å². The van der Waals surface area contributed by atoms with Gasteiger partial charge in [0.2, 0.25) is 0 Å². The summed E-state index contributed by atoms with van der Waals surface area (Å²) >= 11 is 0. The van der Waals surface area contributed by atoms with E-state index in [9.17, 15) is 9.59 Å². The van der Waals surface area contributed by atoms with Crippen LogP contribution in [0.1, 0.15) is 27.5 Å². The van der Waals surface area contributed by atoms with Gasteiger partial charge in [0, 0.05) is 12.4 Å². The summed E-state index contributed by atoms with van der Waals surface area (Å²) in [5.41, 5.74) is 2.21. The van der Waals surface area contributed by atoms with E-state index in [0.29, 0.717) is 5.56 Å². The molecule has 2 aromatic carbocycles. The summed E-state index contributed by atoms with van der Waals surface area (Å²) in [5, 5.41) is 2.92. The largest absolute Gasteiger partial charge is 0.452 e. The minimum Gasteiger partial charge on any atom is -0.452 e. The molecule has 1 N–H and O–H groups in total. The van der Waals surface area contributed by atoms with Crippen LogP contribution >= 0.6 is 0 Å². The van der Waals surface area contributed by atoms with Gasteiger partial charge in [0.15, 0.2) is 6.61 Å². The minimum absolute atomic E-state index is 0.308. The zero-order valence-corrected chi connectivity index (χ0v) is 14.0. The van der Waals surface area contributed by atoms with Crippen molar-refractivity contribution in [3.8, 4) is 0 Å². The van der Waals surface area contributed by atoms with Gasteiger partial charge in [-0.05, 0) is 23.3 Å². The summed E-state index contributed by atoms with van der Waals surface area (Å²) in [6.07, 6.45) is 2.96. The lowest BCUT2D eigenvalue weighted by Gasteiger charge is -2.19. The smallest absolute Gasteiger partial charge is 0.340 e. The van der Waals surface area contributed by atoms with Crippen LogP contribution in [-0.2, 0) is 9.53 Å². The van der Waals surface area contributed by atoms with E-state index < -0.39 is 5.97 Å². The fourth-order valence-corrected chi connectivity index (χ4v) is 2.55. The monoisotopic (exact) mass is 346 g/mol. The van der Waals surface area contributed by atoms with Crippen LogP contribution in [0.25, 0.3) is 0 Å². The number of pyridine rings is 1. The Morgan fingerprint density at radius 2 is 1.50 bits per heavy atom. The van der Waals surface area contributed by atoms with Gasteiger partial charge in [-0.1, -0.05) is 60.7 Å². The highest BCUT2D eigenvalue weighted by molar-refractivity contribution is 5.91. The number of nitrogens with zero attached hydrogens (tertiary/aromatic N) is 1. The van der Waals surface area contributed by atoms with Crippen molar-refractivity contribution in [3.05, 3.63) is 102 Å². The zero-order chi connectivity index (χ0) is 18.2. The van der Waals surface area contributed by atoms with Crippen molar-refractivity contribution in [2.45, 2.75) is 6.04 Å². The number of hydrogen-bond acceptors (Lipinski definition) is 4. The molecule has 5 nitrogen and oxygen atoms in total. The fraction of sp³-hybridized carbons (Fsp3) is 0.0952. The molecule has 1 amide bonds. The van der Waals surface area contributed by atoms with E-state index in [-0.39, 0.29) is 18.6 Å². The standard InChI is InChI=1S/C21H18N2O3/c24-19(15-26-21(25)18-12-7-13-22-14-18)23-20(16-8-3-1-4-9-16)17-10-5-2-6-11-17/h1-14,20H,15H2,(H,23,24). The molecular weight excluding hydrogens is 328 g/mol. The summed E-state index contributed by atoms with van der Waals surface area (Å²) < 4.78 is 5.07. The van der Waals surface area contributed by atoms with E-state index in [0.717, 1.165) is 11.1 Å². The normalized spacial score (nSPS) is 10.3. The maximum absolute atomic E-state index is 12.3. The number of nitrogens with one attached hydrogen (secondary N) is 1. The zero-order valence-electron chi connectivity index (χ0n) is 14.0. The molecule has 26 heavy (non-hydrogen) atoms. The summed E-state index contributed by atoms with van der Waals surface area (Å²) in [6.45, 7) is -0.357. The first kappa shape index (κ1) is 17.4. The topological polar surface area (TPSA) is 68.3 Å². The molecule has 1 heterocycles. The predicted molar refractivity (Wildman–Crippen MR) is 97.4 cm³/mol. The first-order valence-electron chi connectivity index (χ1n) is 8.20. The Hall–Kier alpha value is -3.47. The molecule has 0 atom stereocenters. The maximum Gasteiger partial charge on any atom is 0.340 e. The molecule has 3 rings (SSSR count). The van der Waals surface area contributed by atoms with Crippen LogP contribution < -0.4 is 5.32 Å². The Morgan fingerprint density at radius 1 is 0.885 bits per heavy atom. The Kier molecular flexibility index (Phi) is 5.72. The van der Waals surface area contributed by atoms with Crippen LogP contribution in [0.2, 0.25) is 0 Å². The molecule has 0 unspecified atom stereocenters. The Morgan fingerprint density at radius 3 is 2.04 bits per heavy atom. The molecule has 0 aliphatic heterocycles. The third-order valence-electron chi connectivity index (χ3n) is 3.80. The molecule has 0 spiro atoms. The van der Waals surface area contributed by atoms with Crippen molar-refractivity contribution in [1.29, 1.82) is 0 Å². The first-order valence-corrected chi connectivity index (χ1v) is 8.20. The van der Waals surface area contributed by atoms with Gasteiger partial charge in [-0.2, -0.15) is 0 Å². The van der Waals surface area contributed by atoms with Crippen LogP contribution in [0.3, 0.4) is 0 Å². The first-order chi connectivity index (χ1) is 12.7. The number of hydrogen-bond donors (Lipinski definition) is 1. The van der Waals surface area contributed by atoms with Crippen LogP contribution in [0.15, 0.2) is 85.2 Å². The molecular formula is C21H18N2O3. The van der Waals surface area contributed by atoms with Crippen LogP contribution in [0.4, 0.5) is 0 Å². The quantitative estimate of drug-likeness (QED) is 0.696. The maximum atomic E-state index is 12.3. The average molecular weight is 346 g/mol. The van der Waals surface area contributed by atoms with E-state index >= 15 is 0 Å². The minimum atomic E-state index is -0.579. The van der Waals surface area contributed by atoms with Crippen molar-refractivity contribution in [2.24, 2.45) is 0 Å². The van der Waals surface area contributed by atoms with Gasteiger partial charge < -0.3 is 10.1 Å². The highest BCUT2D eigenvalue weighted by atomic mass is 16.5. The SMILES string of the molecule is O=C(COC(=O)c1cccnc1)NC(c1ccccc1)c1ccccc1. The predicted octanol–water partition coefficient (Wildman–Crippen LogP) is 3.14. The van der Waals surface area contributed by atoms with Crippen molar-refractivity contribution in [1.82, 2.24) is 10.3 Å². The molecule has 130 valence electrons. The fourth-order valence-electron chi connectivity index (χ4n) is 2.55. The van der Waals surface area contributed by atoms with Gasteiger partial charge in [-0.15, -0.1) is 0 Å². The Bertz CT molecular complexity index is 813. The lowest BCUT2D eigenvalue weighted by molar-refractivity contribution is -0.124. The van der Waals surface area contributed by atoms with Crippen LogP contribution in [-0.4, -0.2) is 23.5 Å². The average Bonchev–Trinajstić information content (AvgIpc) is 2.72. The molecule has 3 aromatic rings. The number of aromatic nitrogens is 1. The molecule has 0 saturated carbocycles. The highest BCUT2D eigenvalue weighted by Crippen LogP contribution is 2.21. The number of amides is 1. The van der Waals surface area contributed by atoms with E-state index in [1.807, 2.05) is 60.7 Å². The molecule has 0 radical (unpaired) electrons. The Labute approximate surface area is 151 Å².